The van der Waals surface area contributed by atoms with E-state index < -0.39 is 0 Å². The van der Waals surface area contributed by atoms with Crippen LogP contribution in [0.5, 0.6) is 11.5 Å². The van der Waals surface area contributed by atoms with E-state index in [0.717, 1.165) is 36.6 Å². The Morgan fingerprint density at radius 2 is 1.96 bits per heavy atom. The summed E-state index contributed by atoms with van der Waals surface area (Å²) in [5.41, 5.74) is 3.84. The molecule has 3 nitrogen and oxygen atoms in total. The molecule has 0 atom stereocenters. The summed E-state index contributed by atoms with van der Waals surface area (Å²) < 4.78 is 11.4. The number of allylic oxidation sites excluding steroid dienone is 1. The van der Waals surface area contributed by atoms with E-state index in [9.17, 15) is 0 Å². The van der Waals surface area contributed by atoms with Crippen molar-refractivity contribution in [2.45, 2.75) is 45.3 Å². The van der Waals surface area contributed by atoms with Crippen LogP contribution in [0.15, 0.2) is 54.1 Å². The molecule has 2 aromatic carbocycles. The highest BCUT2D eigenvalue weighted by molar-refractivity contribution is 6.30. The number of methoxy groups -OCH3 is 1. The predicted octanol–water partition coefficient (Wildman–Crippen LogP) is 5.91. The van der Waals surface area contributed by atoms with Gasteiger partial charge in [0, 0.05) is 11.6 Å². The highest BCUT2D eigenvalue weighted by Crippen LogP contribution is 2.29. The quantitative estimate of drug-likeness (QED) is 0.430. The van der Waals surface area contributed by atoms with E-state index in [-0.39, 0.29) is 0 Å². The Kier molecular flexibility index (Phi) is 7.61. The van der Waals surface area contributed by atoms with Crippen LogP contribution in [0.1, 0.15) is 43.2 Å². The number of hydrogen-bond acceptors (Lipinski definition) is 3. The summed E-state index contributed by atoms with van der Waals surface area (Å²) in [5, 5.41) is 4.25. The Morgan fingerprint density at radius 1 is 1.04 bits per heavy atom. The standard InChI is InChI=1S/C23H28ClNO2/c1-26-23-15-19(16-25-13-12-18-6-3-2-4-7-18)10-11-22(23)27-17-20-8-5-9-21(24)14-20/h5-6,8-11,14-15,25H,2-4,7,12-13,16-17H2,1H3. The Hall–Kier alpha value is -1.97. The number of ether oxygens (including phenoxy) is 2. The molecule has 27 heavy (non-hydrogen) atoms. The average molecular weight is 386 g/mol. The Morgan fingerprint density at radius 3 is 2.74 bits per heavy atom. The van der Waals surface area contributed by atoms with Crippen LogP contribution in [0.4, 0.5) is 0 Å². The van der Waals surface area contributed by atoms with E-state index in [0.29, 0.717) is 11.6 Å². The lowest BCUT2D eigenvalue weighted by molar-refractivity contribution is 0.284. The molecule has 0 bridgehead atoms. The largest absolute Gasteiger partial charge is 0.493 e. The maximum Gasteiger partial charge on any atom is 0.161 e. The molecule has 0 fully saturated rings. The van der Waals surface area contributed by atoms with E-state index >= 15 is 0 Å². The van der Waals surface area contributed by atoms with Crippen molar-refractivity contribution in [1.29, 1.82) is 0 Å². The lowest BCUT2D eigenvalue weighted by atomic mass is 9.97. The van der Waals surface area contributed by atoms with Crippen molar-refractivity contribution in [2.24, 2.45) is 0 Å². The highest BCUT2D eigenvalue weighted by atomic mass is 35.5. The third kappa shape index (κ3) is 6.30. The van der Waals surface area contributed by atoms with Gasteiger partial charge in [-0.2, -0.15) is 0 Å². The van der Waals surface area contributed by atoms with Gasteiger partial charge in [0.2, 0.25) is 0 Å². The first kappa shape index (κ1) is 19.8. The lowest BCUT2D eigenvalue weighted by Crippen LogP contribution is -2.15. The van der Waals surface area contributed by atoms with Gasteiger partial charge in [-0.1, -0.05) is 41.4 Å². The number of benzene rings is 2. The normalized spacial score (nSPS) is 13.9. The molecule has 1 aliphatic carbocycles. The van der Waals surface area contributed by atoms with Crippen molar-refractivity contribution < 1.29 is 9.47 Å². The Balaban J connectivity index is 1.50. The maximum atomic E-state index is 6.03. The van der Waals surface area contributed by atoms with Crippen molar-refractivity contribution in [1.82, 2.24) is 5.32 Å². The van der Waals surface area contributed by atoms with E-state index in [2.05, 4.69) is 17.5 Å². The molecule has 2 aromatic rings. The molecule has 4 heteroatoms. The Bertz CT molecular complexity index is 773. The van der Waals surface area contributed by atoms with Crippen LogP contribution < -0.4 is 14.8 Å². The third-order valence-corrected chi connectivity index (χ3v) is 5.08. The molecule has 1 aliphatic rings. The van der Waals surface area contributed by atoms with E-state index in [1.807, 2.05) is 36.4 Å². The van der Waals surface area contributed by atoms with Gasteiger partial charge in [0.15, 0.2) is 11.5 Å². The van der Waals surface area contributed by atoms with Gasteiger partial charge in [-0.25, -0.2) is 0 Å². The Labute approximate surface area is 167 Å². The van der Waals surface area contributed by atoms with Crippen LogP contribution in [-0.4, -0.2) is 13.7 Å². The van der Waals surface area contributed by atoms with Gasteiger partial charge in [0.25, 0.3) is 0 Å². The van der Waals surface area contributed by atoms with Gasteiger partial charge >= 0.3 is 0 Å². The summed E-state index contributed by atoms with van der Waals surface area (Å²) in [4.78, 5) is 0. The molecule has 0 unspecified atom stereocenters. The predicted molar refractivity (Wildman–Crippen MR) is 112 cm³/mol. The maximum absolute atomic E-state index is 6.03. The molecular formula is C23H28ClNO2. The zero-order chi connectivity index (χ0) is 18.9. The van der Waals surface area contributed by atoms with E-state index in [1.165, 1.54) is 31.2 Å². The second-order valence-corrected chi connectivity index (χ2v) is 7.38. The molecule has 0 saturated carbocycles. The van der Waals surface area contributed by atoms with Crippen molar-refractivity contribution in [3.05, 3.63) is 70.3 Å². The molecule has 1 N–H and O–H groups in total. The first-order chi connectivity index (χ1) is 13.2. The molecule has 144 valence electrons. The number of hydrogen-bond donors (Lipinski definition) is 1. The van der Waals surface area contributed by atoms with Crippen LogP contribution >= 0.6 is 11.6 Å². The highest BCUT2D eigenvalue weighted by Gasteiger charge is 2.07. The zero-order valence-corrected chi connectivity index (χ0v) is 16.7. The minimum atomic E-state index is 0.462. The molecule has 0 spiro atoms. The summed E-state index contributed by atoms with van der Waals surface area (Å²) in [6.45, 7) is 2.31. The summed E-state index contributed by atoms with van der Waals surface area (Å²) in [6, 6.07) is 13.8. The summed E-state index contributed by atoms with van der Waals surface area (Å²) in [7, 11) is 1.67. The smallest absolute Gasteiger partial charge is 0.161 e. The van der Waals surface area contributed by atoms with Gasteiger partial charge < -0.3 is 14.8 Å². The topological polar surface area (TPSA) is 30.5 Å². The molecule has 0 radical (unpaired) electrons. The summed E-state index contributed by atoms with van der Waals surface area (Å²) in [5.74, 6) is 1.50. The fourth-order valence-corrected chi connectivity index (χ4v) is 3.56. The first-order valence-corrected chi connectivity index (χ1v) is 10.0. The number of nitrogens with one attached hydrogen (secondary N) is 1. The number of halogens is 1. The van der Waals surface area contributed by atoms with Gasteiger partial charge in [-0.15, -0.1) is 0 Å². The van der Waals surface area contributed by atoms with E-state index in [1.54, 1.807) is 12.7 Å². The van der Waals surface area contributed by atoms with Gasteiger partial charge in [0.05, 0.1) is 7.11 Å². The second kappa shape index (κ2) is 10.4. The van der Waals surface area contributed by atoms with E-state index in [4.69, 9.17) is 21.1 Å². The van der Waals surface area contributed by atoms with Crippen molar-refractivity contribution in [2.75, 3.05) is 13.7 Å². The van der Waals surface area contributed by atoms with Gasteiger partial charge in [0.1, 0.15) is 6.61 Å². The van der Waals surface area contributed by atoms with Gasteiger partial charge in [-0.3, -0.25) is 0 Å². The minimum Gasteiger partial charge on any atom is -0.493 e. The molecule has 0 heterocycles. The van der Waals surface area contributed by atoms with Crippen molar-refractivity contribution in [3.63, 3.8) is 0 Å². The minimum absolute atomic E-state index is 0.462. The fraction of sp³-hybridized carbons (Fsp3) is 0.391. The van der Waals surface area contributed by atoms with Crippen molar-refractivity contribution >= 4 is 11.6 Å². The van der Waals surface area contributed by atoms with Crippen LogP contribution in [0.25, 0.3) is 0 Å². The molecule has 0 aliphatic heterocycles. The van der Waals surface area contributed by atoms with Crippen LogP contribution in [-0.2, 0) is 13.2 Å². The molecule has 0 amide bonds. The SMILES string of the molecule is COc1cc(CNCCC2=CCCCC2)ccc1OCc1cccc(Cl)c1. The van der Waals surface area contributed by atoms with Gasteiger partial charge in [-0.05, 0) is 74.0 Å². The number of rotatable bonds is 9. The second-order valence-electron chi connectivity index (χ2n) is 6.94. The summed E-state index contributed by atoms with van der Waals surface area (Å²) >= 11 is 6.03. The summed E-state index contributed by atoms with van der Waals surface area (Å²) in [6.07, 6.45) is 8.79. The van der Waals surface area contributed by atoms with Crippen LogP contribution in [0.3, 0.4) is 0 Å². The molecular weight excluding hydrogens is 358 g/mol. The lowest BCUT2D eigenvalue weighted by Gasteiger charge is -2.14. The molecule has 3 rings (SSSR count). The third-order valence-electron chi connectivity index (χ3n) is 4.85. The zero-order valence-electron chi connectivity index (χ0n) is 16.0. The van der Waals surface area contributed by atoms with Crippen LogP contribution in [0.2, 0.25) is 5.02 Å². The molecule has 0 saturated heterocycles. The molecule has 0 aromatic heterocycles. The fourth-order valence-electron chi connectivity index (χ4n) is 3.34. The first-order valence-electron chi connectivity index (χ1n) is 9.67. The van der Waals surface area contributed by atoms with Crippen LogP contribution in [0, 0.1) is 0 Å². The van der Waals surface area contributed by atoms with Crippen molar-refractivity contribution in [3.8, 4) is 11.5 Å². The monoisotopic (exact) mass is 385 g/mol. The average Bonchev–Trinajstić information content (AvgIpc) is 2.71.